The molecule has 0 saturated heterocycles. The van der Waals surface area contributed by atoms with Gasteiger partial charge in [0.25, 0.3) is 0 Å². The minimum absolute atomic E-state index is 0.192. The van der Waals surface area contributed by atoms with Gasteiger partial charge in [-0.05, 0) is 0 Å². The van der Waals surface area contributed by atoms with Gasteiger partial charge in [-0.25, -0.2) is 0 Å². The van der Waals surface area contributed by atoms with E-state index in [9.17, 15) is 4.79 Å². The summed E-state index contributed by atoms with van der Waals surface area (Å²) in [4.78, 5) is 13.7. The highest BCUT2D eigenvalue weighted by Crippen LogP contribution is 1.92. The van der Waals surface area contributed by atoms with Crippen molar-refractivity contribution in [3.63, 3.8) is 0 Å². The van der Waals surface area contributed by atoms with Crippen molar-refractivity contribution in [3.8, 4) is 0 Å². The zero-order valence-electron chi connectivity index (χ0n) is 7.02. The Labute approximate surface area is 62.8 Å². The Hall–Kier alpha value is -0.353. The second-order valence-corrected chi connectivity index (χ2v) is 8.03. The highest BCUT2D eigenvalue weighted by atomic mass is 28.3. The molecule has 10 heavy (non-hydrogen) atoms. The van der Waals surface area contributed by atoms with E-state index in [0.29, 0.717) is 6.54 Å². The van der Waals surface area contributed by atoms with E-state index >= 15 is 0 Å². The standard InChI is InChI=1S/C6H15NO2Si/c1-9-6(8)5-7-10(2,3)4/h7H,5H2,1-4H3. The number of ether oxygens (including phenoxy) is 1. The van der Waals surface area contributed by atoms with Gasteiger partial charge < -0.3 is 9.72 Å². The van der Waals surface area contributed by atoms with Gasteiger partial charge in [-0.15, -0.1) is 0 Å². The third kappa shape index (κ3) is 5.78. The summed E-state index contributed by atoms with van der Waals surface area (Å²) in [6, 6.07) is 0. The maximum atomic E-state index is 10.6. The molecule has 0 aromatic heterocycles. The fraction of sp³-hybridized carbons (Fsp3) is 0.833. The summed E-state index contributed by atoms with van der Waals surface area (Å²) in [6.45, 7) is 6.74. The molecule has 0 rings (SSSR count). The van der Waals surface area contributed by atoms with Gasteiger partial charge in [0.2, 0.25) is 0 Å². The van der Waals surface area contributed by atoms with Crippen molar-refractivity contribution < 1.29 is 9.53 Å². The molecule has 0 spiro atoms. The summed E-state index contributed by atoms with van der Waals surface area (Å²) < 4.78 is 4.47. The number of esters is 1. The molecule has 0 aliphatic rings. The highest BCUT2D eigenvalue weighted by Gasteiger charge is 2.13. The van der Waals surface area contributed by atoms with Gasteiger partial charge in [-0.2, -0.15) is 0 Å². The lowest BCUT2D eigenvalue weighted by Gasteiger charge is -2.16. The van der Waals surface area contributed by atoms with E-state index in [1.807, 2.05) is 0 Å². The first-order valence-corrected chi connectivity index (χ1v) is 6.77. The zero-order chi connectivity index (χ0) is 8.20. The van der Waals surface area contributed by atoms with Crippen LogP contribution in [0, 0.1) is 0 Å². The average Bonchev–Trinajstić information content (AvgIpc) is 1.81. The number of carbonyl (C=O) groups is 1. The largest absolute Gasteiger partial charge is 0.468 e. The molecule has 0 heterocycles. The first-order valence-electron chi connectivity index (χ1n) is 3.27. The Bertz CT molecular complexity index is 119. The molecule has 0 fully saturated rings. The van der Waals surface area contributed by atoms with Crippen LogP contribution in [-0.2, 0) is 9.53 Å². The van der Waals surface area contributed by atoms with Crippen LogP contribution in [0.4, 0.5) is 0 Å². The van der Waals surface area contributed by atoms with E-state index in [1.54, 1.807) is 0 Å². The zero-order valence-corrected chi connectivity index (χ0v) is 8.02. The maximum Gasteiger partial charge on any atom is 0.319 e. The molecule has 0 atom stereocenters. The summed E-state index contributed by atoms with van der Waals surface area (Å²) in [7, 11) is 0.110. The topological polar surface area (TPSA) is 38.3 Å². The minimum atomic E-state index is -1.29. The van der Waals surface area contributed by atoms with Crippen LogP contribution in [0.15, 0.2) is 0 Å². The van der Waals surface area contributed by atoms with Crippen LogP contribution >= 0.6 is 0 Å². The second kappa shape index (κ2) is 3.73. The van der Waals surface area contributed by atoms with Gasteiger partial charge in [0.1, 0.15) is 8.24 Å². The van der Waals surface area contributed by atoms with Crippen molar-refractivity contribution in [2.45, 2.75) is 19.6 Å². The van der Waals surface area contributed by atoms with Crippen molar-refractivity contribution >= 4 is 14.2 Å². The van der Waals surface area contributed by atoms with E-state index in [1.165, 1.54) is 7.11 Å². The molecule has 60 valence electrons. The van der Waals surface area contributed by atoms with Crippen LogP contribution in [-0.4, -0.2) is 27.9 Å². The lowest BCUT2D eigenvalue weighted by molar-refractivity contribution is -0.139. The first kappa shape index (κ1) is 9.65. The molecular weight excluding hydrogens is 146 g/mol. The maximum absolute atomic E-state index is 10.6. The van der Waals surface area contributed by atoms with Crippen LogP contribution in [0.3, 0.4) is 0 Å². The van der Waals surface area contributed by atoms with E-state index in [4.69, 9.17) is 0 Å². The summed E-state index contributed by atoms with van der Waals surface area (Å²) in [5.41, 5.74) is 0. The first-order chi connectivity index (χ1) is 4.45. The predicted octanol–water partition coefficient (Wildman–Crippen LogP) is 0.584. The molecule has 0 aliphatic carbocycles. The molecule has 0 aliphatic heterocycles. The van der Waals surface area contributed by atoms with Crippen molar-refractivity contribution in [1.29, 1.82) is 0 Å². The predicted molar refractivity (Wildman–Crippen MR) is 43.4 cm³/mol. The van der Waals surface area contributed by atoms with Crippen molar-refractivity contribution in [3.05, 3.63) is 0 Å². The number of nitrogens with one attached hydrogen (secondary N) is 1. The lowest BCUT2D eigenvalue weighted by atomic mass is 10.7. The third-order valence-corrected chi connectivity index (χ3v) is 2.23. The van der Waals surface area contributed by atoms with Gasteiger partial charge >= 0.3 is 5.97 Å². The molecule has 0 bridgehead atoms. The van der Waals surface area contributed by atoms with E-state index in [2.05, 4.69) is 29.4 Å². The van der Waals surface area contributed by atoms with E-state index in [0.717, 1.165) is 0 Å². The van der Waals surface area contributed by atoms with Crippen molar-refractivity contribution in [2.75, 3.05) is 13.7 Å². The average molecular weight is 161 g/mol. The van der Waals surface area contributed by atoms with Gasteiger partial charge in [0, 0.05) is 0 Å². The summed E-state index contributed by atoms with van der Waals surface area (Å²) in [6.07, 6.45) is 0. The van der Waals surface area contributed by atoms with Gasteiger partial charge in [-0.3, -0.25) is 4.79 Å². The molecule has 0 amide bonds. The van der Waals surface area contributed by atoms with E-state index < -0.39 is 8.24 Å². The molecule has 4 heteroatoms. The van der Waals surface area contributed by atoms with Crippen LogP contribution in [0.1, 0.15) is 0 Å². The molecule has 0 saturated carbocycles. The Kier molecular flexibility index (Phi) is 3.60. The Balaban J connectivity index is 3.46. The smallest absolute Gasteiger partial charge is 0.319 e. The Morgan fingerprint density at radius 2 is 2.00 bits per heavy atom. The van der Waals surface area contributed by atoms with Crippen LogP contribution in [0.2, 0.25) is 19.6 Å². The highest BCUT2D eigenvalue weighted by molar-refractivity contribution is 6.73. The molecule has 0 aromatic rings. The van der Waals surface area contributed by atoms with Crippen LogP contribution in [0.5, 0.6) is 0 Å². The van der Waals surface area contributed by atoms with Crippen LogP contribution < -0.4 is 4.98 Å². The molecular formula is C6H15NO2Si. The third-order valence-electron chi connectivity index (χ3n) is 0.991. The lowest BCUT2D eigenvalue weighted by Crippen LogP contribution is -2.44. The second-order valence-electron chi connectivity index (χ2n) is 3.18. The quantitative estimate of drug-likeness (QED) is 0.486. The molecule has 3 nitrogen and oxygen atoms in total. The van der Waals surface area contributed by atoms with E-state index in [-0.39, 0.29) is 5.97 Å². The fourth-order valence-electron chi connectivity index (χ4n) is 0.410. The summed E-state index contributed by atoms with van der Waals surface area (Å²) in [5, 5.41) is 0. The Morgan fingerprint density at radius 1 is 1.50 bits per heavy atom. The van der Waals surface area contributed by atoms with Gasteiger partial charge in [0.15, 0.2) is 0 Å². The molecule has 0 radical (unpaired) electrons. The number of hydrogen-bond acceptors (Lipinski definition) is 3. The molecule has 1 N–H and O–H groups in total. The summed E-state index contributed by atoms with van der Waals surface area (Å²) >= 11 is 0. The van der Waals surface area contributed by atoms with Crippen molar-refractivity contribution in [1.82, 2.24) is 4.98 Å². The number of carbonyl (C=O) groups excluding carboxylic acids is 1. The van der Waals surface area contributed by atoms with Gasteiger partial charge in [0.05, 0.1) is 13.7 Å². The minimum Gasteiger partial charge on any atom is -0.468 e. The Morgan fingerprint density at radius 3 is 2.30 bits per heavy atom. The molecule has 0 aromatic carbocycles. The normalized spacial score (nSPS) is 11.2. The van der Waals surface area contributed by atoms with Crippen molar-refractivity contribution in [2.24, 2.45) is 0 Å². The fourth-order valence-corrected chi connectivity index (χ4v) is 1.08. The van der Waals surface area contributed by atoms with Crippen LogP contribution in [0.25, 0.3) is 0 Å². The summed E-state index contributed by atoms with van der Waals surface area (Å²) in [5.74, 6) is -0.192. The molecule has 0 unspecified atom stereocenters. The SMILES string of the molecule is COC(=O)CN[Si](C)(C)C. The number of hydrogen-bond donors (Lipinski definition) is 1. The number of methoxy groups -OCH3 is 1. The van der Waals surface area contributed by atoms with Gasteiger partial charge in [-0.1, -0.05) is 19.6 Å². The number of rotatable bonds is 3. The monoisotopic (exact) mass is 161 g/mol.